The molecule has 0 aliphatic carbocycles. The lowest BCUT2D eigenvalue weighted by Crippen LogP contribution is -2.42. The normalized spacial score (nSPS) is 17.4. The summed E-state index contributed by atoms with van der Waals surface area (Å²) >= 11 is 7.53. The van der Waals surface area contributed by atoms with Crippen LogP contribution >= 0.6 is 22.9 Å². The number of anilines is 1. The first-order chi connectivity index (χ1) is 18.3. The molecule has 0 unspecified atom stereocenters. The number of ether oxygens (including phenoxy) is 1. The maximum Gasteiger partial charge on any atom is 0.268 e. The fourth-order valence-electron chi connectivity index (χ4n) is 4.77. The maximum atomic E-state index is 12.9. The third kappa shape index (κ3) is 6.00. The molecule has 201 valence electrons. The van der Waals surface area contributed by atoms with Gasteiger partial charge in [0, 0.05) is 37.9 Å². The molecule has 0 atom stereocenters. The Morgan fingerprint density at radius 2 is 1.74 bits per heavy atom. The molecular formula is C27H29ClN3O5S2. The number of morpholine rings is 1. The van der Waals surface area contributed by atoms with Gasteiger partial charge in [0.15, 0.2) is 0 Å². The van der Waals surface area contributed by atoms with E-state index in [2.05, 4.69) is 5.32 Å². The van der Waals surface area contributed by atoms with Gasteiger partial charge in [-0.2, -0.15) is 0 Å². The lowest BCUT2D eigenvalue weighted by molar-refractivity contribution is 0.0303. The van der Waals surface area contributed by atoms with Gasteiger partial charge >= 0.3 is 0 Å². The first kappa shape index (κ1) is 27.0. The summed E-state index contributed by atoms with van der Waals surface area (Å²) in [4.78, 5) is 15.2. The highest BCUT2D eigenvalue weighted by molar-refractivity contribution is 7.88. The molecule has 0 saturated carbocycles. The van der Waals surface area contributed by atoms with Crippen molar-refractivity contribution < 1.29 is 23.1 Å². The number of nitrogens with one attached hydrogen (secondary N) is 1. The van der Waals surface area contributed by atoms with Crippen molar-refractivity contribution in [3.63, 3.8) is 0 Å². The molecule has 0 spiro atoms. The van der Waals surface area contributed by atoms with Crippen molar-refractivity contribution in [2.75, 3.05) is 44.7 Å². The van der Waals surface area contributed by atoms with Crippen molar-refractivity contribution in [1.82, 2.24) is 9.21 Å². The monoisotopic (exact) mass is 574 g/mol. The van der Waals surface area contributed by atoms with Crippen LogP contribution < -0.4 is 5.32 Å². The number of hydrogen-bond donors (Lipinski definition) is 1. The number of thiophene rings is 1. The van der Waals surface area contributed by atoms with Crippen molar-refractivity contribution >= 4 is 44.6 Å². The predicted octanol–water partition coefficient (Wildman–Crippen LogP) is 5.09. The Bertz CT molecular complexity index is 1380. The quantitative estimate of drug-likeness (QED) is 0.424. The van der Waals surface area contributed by atoms with E-state index >= 15 is 0 Å². The van der Waals surface area contributed by atoms with Crippen LogP contribution in [0.2, 0.25) is 5.02 Å². The largest absolute Gasteiger partial charge is 0.382 e. The van der Waals surface area contributed by atoms with Crippen LogP contribution in [0.5, 0.6) is 5.75 Å². The van der Waals surface area contributed by atoms with Crippen LogP contribution in [0, 0.1) is 0 Å². The molecule has 5 rings (SSSR count). The number of hydrogen-bond acceptors (Lipinski definition) is 6. The number of rotatable bonds is 7. The van der Waals surface area contributed by atoms with Crippen molar-refractivity contribution in [2.45, 2.75) is 24.6 Å². The summed E-state index contributed by atoms with van der Waals surface area (Å²) in [6.45, 7) is 2.73. The number of halogens is 1. The van der Waals surface area contributed by atoms with Crippen LogP contribution in [0.3, 0.4) is 0 Å². The lowest BCUT2D eigenvalue weighted by atomic mass is 10.1. The molecule has 11 heteroatoms. The Labute approximate surface area is 231 Å². The zero-order valence-corrected chi connectivity index (χ0v) is 23.2. The Morgan fingerprint density at radius 3 is 2.45 bits per heavy atom. The molecule has 1 amide bonds. The van der Waals surface area contributed by atoms with E-state index in [-0.39, 0.29) is 27.6 Å². The molecule has 2 aromatic carbocycles. The summed E-state index contributed by atoms with van der Waals surface area (Å²) < 4.78 is 32.6. The summed E-state index contributed by atoms with van der Waals surface area (Å²) in [5.41, 5.74) is 2.39. The number of sulfonamides is 1. The average Bonchev–Trinajstić information content (AvgIpc) is 3.23. The van der Waals surface area contributed by atoms with Crippen LogP contribution in [0.15, 0.2) is 54.6 Å². The highest BCUT2D eigenvalue weighted by atomic mass is 35.5. The van der Waals surface area contributed by atoms with Crippen molar-refractivity contribution in [1.29, 1.82) is 0 Å². The second-order valence-electron chi connectivity index (χ2n) is 9.45. The highest BCUT2D eigenvalue weighted by Crippen LogP contribution is 2.46. The molecule has 1 aromatic heterocycles. The van der Waals surface area contributed by atoms with E-state index in [9.17, 15) is 18.3 Å². The minimum absolute atomic E-state index is 0.00723. The SMILES string of the molecule is [O]c1c(C(=O)N2CCOCC2)sc(-c2cccc(NC3CCN(S(=O)(=O)Cc4ccccc4)CC3)c2)c1Cl. The second-order valence-corrected chi connectivity index (χ2v) is 12.8. The summed E-state index contributed by atoms with van der Waals surface area (Å²) in [7, 11) is -3.37. The minimum atomic E-state index is -3.37. The summed E-state index contributed by atoms with van der Waals surface area (Å²) in [5.74, 6) is -0.738. The van der Waals surface area contributed by atoms with Gasteiger partial charge in [-0.1, -0.05) is 54.1 Å². The van der Waals surface area contributed by atoms with Crippen molar-refractivity contribution in [2.24, 2.45) is 0 Å². The summed E-state index contributed by atoms with van der Waals surface area (Å²) in [6, 6.07) is 16.9. The zero-order chi connectivity index (χ0) is 26.7. The van der Waals surface area contributed by atoms with Gasteiger partial charge in [0.1, 0.15) is 9.90 Å². The van der Waals surface area contributed by atoms with Gasteiger partial charge in [-0.05, 0) is 36.1 Å². The topological polar surface area (TPSA) is 98.8 Å². The van der Waals surface area contributed by atoms with Gasteiger partial charge < -0.3 is 15.0 Å². The number of piperidine rings is 1. The number of carbonyl (C=O) groups excluding carboxylic acids is 1. The van der Waals surface area contributed by atoms with Crippen molar-refractivity contribution in [3.05, 3.63) is 70.1 Å². The van der Waals surface area contributed by atoms with E-state index in [4.69, 9.17) is 16.3 Å². The van der Waals surface area contributed by atoms with Crippen LogP contribution in [0.1, 0.15) is 28.1 Å². The van der Waals surface area contributed by atoms with E-state index in [1.807, 2.05) is 54.6 Å². The Balaban J connectivity index is 1.23. The molecular weight excluding hydrogens is 546 g/mol. The molecule has 38 heavy (non-hydrogen) atoms. The fraction of sp³-hybridized carbons (Fsp3) is 0.370. The van der Waals surface area contributed by atoms with Crippen LogP contribution in [-0.2, 0) is 25.6 Å². The van der Waals surface area contributed by atoms with Gasteiger partial charge in [-0.3, -0.25) is 9.90 Å². The molecule has 3 aromatic rings. The van der Waals surface area contributed by atoms with E-state index < -0.39 is 15.8 Å². The van der Waals surface area contributed by atoms with Crippen LogP contribution in [-0.4, -0.2) is 69.0 Å². The predicted molar refractivity (Wildman–Crippen MR) is 149 cm³/mol. The maximum absolute atomic E-state index is 12.9. The Kier molecular flexibility index (Phi) is 8.25. The van der Waals surface area contributed by atoms with E-state index in [1.54, 1.807) is 9.21 Å². The smallest absolute Gasteiger partial charge is 0.268 e. The third-order valence-electron chi connectivity index (χ3n) is 6.84. The molecule has 2 saturated heterocycles. The van der Waals surface area contributed by atoms with Crippen LogP contribution in [0.4, 0.5) is 5.69 Å². The number of amides is 1. The Morgan fingerprint density at radius 1 is 1.03 bits per heavy atom. The lowest BCUT2D eigenvalue weighted by Gasteiger charge is -2.32. The van der Waals surface area contributed by atoms with E-state index in [0.717, 1.165) is 28.2 Å². The number of nitrogens with zero attached hydrogens (tertiary/aromatic N) is 2. The molecule has 1 N–H and O–H groups in total. The zero-order valence-electron chi connectivity index (χ0n) is 20.8. The highest BCUT2D eigenvalue weighted by Gasteiger charge is 2.30. The molecule has 1 radical (unpaired) electrons. The molecule has 2 fully saturated rings. The molecule has 2 aliphatic rings. The van der Waals surface area contributed by atoms with Gasteiger partial charge in [0.05, 0.1) is 23.8 Å². The van der Waals surface area contributed by atoms with Gasteiger partial charge in [-0.15, -0.1) is 11.3 Å². The summed E-state index contributed by atoms with van der Waals surface area (Å²) in [5, 5.41) is 16.4. The molecule has 8 nitrogen and oxygen atoms in total. The van der Waals surface area contributed by atoms with Gasteiger partial charge in [-0.25, -0.2) is 12.7 Å². The molecule has 2 aliphatic heterocycles. The third-order valence-corrected chi connectivity index (χ3v) is 10.4. The van der Waals surface area contributed by atoms with Gasteiger partial charge in [0.2, 0.25) is 15.8 Å². The first-order valence-corrected chi connectivity index (χ1v) is 15.4. The Hall–Kier alpha value is -2.63. The second kappa shape index (κ2) is 11.6. The average molecular weight is 575 g/mol. The fourth-order valence-corrected chi connectivity index (χ4v) is 7.75. The van der Waals surface area contributed by atoms with Crippen LogP contribution in [0.25, 0.3) is 10.4 Å². The van der Waals surface area contributed by atoms with E-state index in [1.165, 1.54) is 0 Å². The van der Waals surface area contributed by atoms with E-state index in [0.29, 0.717) is 57.1 Å². The molecule has 0 bridgehead atoms. The summed E-state index contributed by atoms with van der Waals surface area (Å²) in [6.07, 6.45) is 1.36. The minimum Gasteiger partial charge on any atom is -0.382 e. The number of carbonyl (C=O) groups is 1. The standard InChI is InChI=1S/C27H29ClN3O5S2/c28-23-24(32)26(27(33)30-13-15-36-16-14-30)37-25(23)20-7-4-8-22(17-20)29-21-9-11-31(12-10-21)38(34,35)18-19-5-2-1-3-6-19/h1-8,17,21,29H,9-16,18H2. The van der Waals surface area contributed by atoms with Crippen molar-refractivity contribution in [3.8, 4) is 16.2 Å². The van der Waals surface area contributed by atoms with Gasteiger partial charge in [0.25, 0.3) is 5.91 Å². The first-order valence-electron chi connectivity index (χ1n) is 12.6. The number of benzene rings is 2. The molecule has 3 heterocycles.